The highest BCUT2D eigenvalue weighted by Gasteiger charge is 2.39. The third-order valence-electron chi connectivity index (χ3n) is 8.46. The lowest BCUT2D eigenvalue weighted by Gasteiger charge is -2.35. The second kappa shape index (κ2) is 13.3. The summed E-state index contributed by atoms with van der Waals surface area (Å²) in [5, 5.41) is 4.87. The second-order valence-electron chi connectivity index (χ2n) is 11.4. The molecule has 0 aliphatic carbocycles. The summed E-state index contributed by atoms with van der Waals surface area (Å²) in [5.74, 6) is 1.55. The number of thioether (sulfide) groups is 1. The molecular formula is C35H37N5O5S. The molecule has 0 N–H and O–H groups in total. The predicted octanol–water partition coefficient (Wildman–Crippen LogP) is 4.72. The van der Waals surface area contributed by atoms with Crippen LogP contribution in [0.5, 0.6) is 11.5 Å². The van der Waals surface area contributed by atoms with Gasteiger partial charge in [0.05, 0.1) is 36.6 Å². The monoisotopic (exact) mass is 639 g/mol. The van der Waals surface area contributed by atoms with Gasteiger partial charge in [-0.15, -0.1) is 11.8 Å². The van der Waals surface area contributed by atoms with E-state index in [2.05, 4.69) is 0 Å². The molecule has 3 amide bonds. The molecule has 1 fully saturated rings. The Morgan fingerprint density at radius 2 is 1.61 bits per heavy atom. The van der Waals surface area contributed by atoms with Crippen LogP contribution in [0.4, 0.5) is 5.82 Å². The summed E-state index contributed by atoms with van der Waals surface area (Å²) >= 11 is 1.50. The van der Waals surface area contributed by atoms with Crippen LogP contribution in [0.3, 0.4) is 0 Å². The Kier molecular flexibility index (Phi) is 9.03. The second-order valence-corrected chi connectivity index (χ2v) is 12.5. The van der Waals surface area contributed by atoms with E-state index in [4.69, 9.17) is 14.6 Å². The fourth-order valence-electron chi connectivity index (χ4n) is 6.05. The number of fused-ring (bicyclic) bond motifs is 1. The molecule has 11 heteroatoms. The van der Waals surface area contributed by atoms with Crippen LogP contribution in [-0.2, 0) is 14.4 Å². The molecule has 4 aromatic rings. The maximum Gasteiger partial charge on any atom is 0.242 e. The van der Waals surface area contributed by atoms with Gasteiger partial charge in [-0.2, -0.15) is 5.10 Å². The number of anilines is 1. The molecule has 0 radical (unpaired) electrons. The van der Waals surface area contributed by atoms with E-state index in [-0.39, 0.29) is 35.3 Å². The molecule has 238 valence electrons. The smallest absolute Gasteiger partial charge is 0.242 e. The van der Waals surface area contributed by atoms with Gasteiger partial charge in [-0.25, -0.2) is 4.68 Å². The summed E-state index contributed by atoms with van der Waals surface area (Å²) < 4.78 is 13.0. The van der Waals surface area contributed by atoms with Crippen LogP contribution in [0.1, 0.15) is 28.9 Å². The summed E-state index contributed by atoms with van der Waals surface area (Å²) in [7, 11) is 3.20. The van der Waals surface area contributed by atoms with Crippen molar-refractivity contribution in [1.29, 1.82) is 0 Å². The Bertz CT molecular complexity index is 1770. The molecule has 0 spiro atoms. The van der Waals surface area contributed by atoms with Crippen LogP contribution < -0.4 is 14.4 Å². The molecule has 1 atom stereocenters. The Morgan fingerprint density at radius 1 is 0.891 bits per heavy atom. The Labute approximate surface area is 272 Å². The fourth-order valence-corrected chi connectivity index (χ4v) is 7.24. The summed E-state index contributed by atoms with van der Waals surface area (Å²) in [6.45, 7) is 5.19. The number of nitrogens with zero attached hydrogens (tertiary/aromatic N) is 5. The molecule has 1 unspecified atom stereocenters. The molecule has 10 nitrogen and oxygen atoms in total. The zero-order valence-corrected chi connectivity index (χ0v) is 27.3. The largest absolute Gasteiger partial charge is 0.493 e. The standard InChI is InChI=1S/C35H37N5O5S/c1-23-9-8-12-27(19-23)40-35-32(33(36-40)25-10-6-5-7-11-25)34(26-13-14-28(44-3)29(20-26)45-4)46-22-31(43)39(35)21-30(42)38-17-15-37(16-18-38)24(2)41/h5-14,19-20,34H,15-18,21-22H2,1-4H3. The van der Waals surface area contributed by atoms with Crippen LogP contribution in [-0.4, -0.2) is 90.0 Å². The van der Waals surface area contributed by atoms with Gasteiger partial charge in [-0.3, -0.25) is 19.3 Å². The van der Waals surface area contributed by atoms with Crippen molar-refractivity contribution in [2.45, 2.75) is 19.1 Å². The molecule has 2 aliphatic heterocycles. The zero-order valence-electron chi connectivity index (χ0n) is 26.4. The average molecular weight is 640 g/mol. The van der Waals surface area contributed by atoms with Gasteiger partial charge in [0.15, 0.2) is 11.5 Å². The summed E-state index contributed by atoms with van der Waals surface area (Å²) in [6.07, 6.45) is 0. The summed E-state index contributed by atoms with van der Waals surface area (Å²) in [5.41, 5.74) is 5.22. The van der Waals surface area contributed by atoms with Crippen molar-refractivity contribution in [3.63, 3.8) is 0 Å². The SMILES string of the molecule is COc1ccc(C2SCC(=O)N(CC(=O)N3CCN(C(C)=O)CC3)c3c2c(-c2ccccc2)nn3-c2cccc(C)c2)cc1OC. The maximum absolute atomic E-state index is 14.1. The third-order valence-corrected chi connectivity index (χ3v) is 9.72. The predicted molar refractivity (Wildman–Crippen MR) is 179 cm³/mol. The molecule has 3 aromatic carbocycles. The lowest BCUT2D eigenvalue weighted by molar-refractivity contribution is -0.137. The highest BCUT2D eigenvalue weighted by Crippen LogP contribution is 2.49. The number of carbonyl (C=O) groups excluding carboxylic acids is 3. The van der Waals surface area contributed by atoms with Crippen LogP contribution in [0.15, 0.2) is 72.8 Å². The minimum Gasteiger partial charge on any atom is -0.493 e. The van der Waals surface area contributed by atoms with Gasteiger partial charge in [0.2, 0.25) is 17.7 Å². The van der Waals surface area contributed by atoms with E-state index < -0.39 is 0 Å². The van der Waals surface area contributed by atoms with Gasteiger partial charge in [0.25, 0.3) is 0 Å². The fraction of sp³-hybridized carbons (Fsp3) is 0.314. The number of methoxy groups -OCH3 is 2. The number of hydrogen-bond acceptors (Lipinski definition) is 7. The van der Waals surface area contributed by atoms with E-state index in [1.54, 1.807) is 28.9 Å². The Balaban J connectivity index is 1.53. The van der Waals surface area contributed by atoms with Crippen molar-refractivity contribution in [1.82, 2.24) is 19.6 Å². The van der Waals surface area contributed by atoms with Crippen LogP contribution in [0.2, 0.25) is 0 Å². The molecule has 1 aromatic heterocycles. The number of piperazine rings is 1. The quantitative estimate of drug-likeness (QED) is 0.289. The topological polar surface area (TPSA) is 97.2 Å². The van der Waals surface area contributed by atoms with Gasteiger partial charge >= 0.3 is 0 Å². The van der Waals surface area contributed by atoms with Crippen LogP contribution in [0, 0.1) is 6.92 Å². The molecule has 3 heterocycles. The number of aromatic nitrogens is 2. The number of ether oxygens (including phenoxy) is 2. The van der Waals surface area contributed by atoms with Crippen molar-refractivity contribution in [3.8, 4) is 28.4 Å². The summed E-state index contributed by atoms with van der Waals surface area (Å²) in [4.78, 5) is 45.0. The van der Waals surface area contributed by atoms with Gasteiger partial charge < -0.3 is 19.3 Å². The van der Waals surface area contributed by atoms with E-state index in [1.807, 2.05) is 84.4 Å². The highest BCUT2D eigenvalue weighted by molar-refractivity contribution is 8.00. The highest BCUT2D eigenvalue weighted by atomic mass is 32.2. The first kappa shape index (κ1) is 31.2. The lowest BCUT2D eigenvalue weighted by Crippen LogP contribution is -2.53. The number of carbonyl (C=O) groups is 3. The van der Waals surface area contributed by atoms with Crippen molar-refractivity contribution < 1.29 is 23.9 Å². The third kappa shape index (κ3) is 6.06. The number of benzene rings is 3. The van der Waals surface area contributed by atoms with Gasteiger partial charge in [0, 0.05) is 44.2 Å². The number of amides is 3. The van der Waals surface area contributed by atoms with Crippen LogP contribution in [0.25, 0.3) is 16.9 Å². The van der Waals surface area contributed by atoms with Crippen molar-refractivity contribution in [3.05, 3.63) is 89.5 Å². The first-order chi connectivity index (χ1) is 22.3. The number of aryl methyl sites for hydroxylation is 1. The first-order valence-corrected chi connectivity index (χ1v) is 16.3. The zero-order chi connectivity index (χ0) is 32.4. The normalized spacial score (nSPS) is 16.6. The Morgan fingerprint density at radius 3 is 2.28 bits per heavy atom. The minimum absolute atomic E-state index is 0.00633. The van der Waals surface area contributed by atoms with Gasteiger partial charge in [-0.1, -0.05) is 48.5 Å². The van der Waals surface area contributed by atoms with Gasteiger partial charge in [-0.05, 0) is 42.3 Å². The number of hydrogen-bond donors (Lipinski definition) is 0. The maximum atomic E-state index is 14.1. The van der Waals surface area contributed by atoms with E-state index in [1.165, 1.54) is 18.7 Å². The lowest BCUT2D eigenvalue weighted by atomic mass is 9.99. The van der Waals surface area contributed by atoms with Crippen molar-refractivity contribution in [2.75, 3.05) is 57.6 Å². The van der Waals surface area contributed by atoms with Crippen LogP contribution >= 0.6 is 11.8 Å². The molecule has 6 rings (SSSR count). The van der Waals surface area contributed by atoms with Crippen molar-refractivity contribution in [2.24, 2.45) is 0 Å². The molecule has 0 bridgehead atoms. The average Bonchev–Trinajstić information content (AvgIpc) is 3.41. The number of rotatable bonds is 7. The van der Waals surface area contributed by atoms with E-state index in [0.29, 0.717) is 43.5 Å². The molecule has 2 aliphatic rings. The van der Waals surface area contributed by atoms with E-state index in [9.17, 15) is 14.4 Å². The summed E-state index contributed by atoms with van der Waals surface area (Å²) in [6, 6.07) is 23.7. The van der Waals surface area contributed by atoms with E-state index >= 15 is 0 Å². The van der Waals surface area contributed by atoms with Crippen molar-refractivity contribution >= 4 is 35.3 Å². The van der Waals surface area contributed by atoms with E-state index in [0.717, 1.165) is 33.6 Å². The minimum atomic E-state index is -0.313. The first-order valence-electron chi connectivity index (χ1n) is 15.2. The molecular weight excluding hydrogens is 602 g/mol. The Hall–Kier alpha value is -4.77. The molecule has 1 saturated heterocycles. The molecule has 0 saturated carbocycles. The molecule has 46 heavy (non-hydrogen) atoms. The van der Waals surface area contributed by atoms with Gasteiger partial charge in [0.1, 0.15) is 12.4 Å².